The molecule has 0 unspecified atom stereocenters. The van der Waals surface area contributed by atoms with E-state index in [1.165, 1.54) is 25.3 Å². The standard InChI is InChI=1S/C49H51N3O8S/c1-32(49(58)59)52(2)48(57)39-26-34-17-22-41(23-18-34)60-31-40(53)28-38(29-42-14-9-25-61-42)46(55)51-44(27-35-15-20-37(21-16-35)36-12-7-4-8-13-36)47(56)50-43(45(54)30-39)24-19-33-10-5-3-6-11-33/h3-18,20-23,25,32,38-39,43-44H,19,24,26-31H2,1-2H3,(H,50,56)(H,51,55)(H,58,59)/t32-,38-,39+,43-,44+/m0/s1. The Morgan fingerprint density at radius 3 is 2.05 bits per heavy atom. The van der Waals surface area contributed by atoms with Crippen molar-refractivity contribution < 1.29 is 38.6 Å². The third-order valence-electron chi connectivity index (χ3n) is 11.2. The van der Waals surface area contributed by atoms with Gasteiger partial charge < -0.3 is 25.4 Å². The van der Waals surface area contributed by atoms with Crippen molar-refractivity contribution in [2.45, 2.75) is 70.0 Å². The maximum atomic E-state index is 14.6. The van der Waals surface area contributed by atoms with E-state index in [1.54, 1.807) is 24.3 Å². The fraction of sp³-hybridized carbons (Fsp3) is 0.306. The van der Waals surface area contributed by atoms with E-state index in [0.29, 0.717) is 17.7 Å². The Hall–Kier alpha value is -6.40. The van der Waals surface area contributed by atoms with Crippen LogP contribution in [-0.2, 0) is 54.5 Å². The van der Waals surface area contributed by atoms with Gasteiger partial charge in [0.25, 0.3) is 0 Å². The average Bonchev–Trinajstić information content (AvgIpc) is 3.79. The number of amides is 3. The van der Waals surface area contributed by atoms with Crippen LogP contribution in [0.25, 0.3) is 11.1 Å². The van der Waals surface area contributed by atoms with Gasteiger partial charge in [-0.05, 0) is 84.0 Å². The van der Waals surface area contributed by atoms with Crippen molar-refractivity contribution in [1.82, 2.24) is 15.5 Å². The second-order valence-corrected chi connectivity index (χ2v) is 16.6. The van der Waals surface area contributed by atoms with Crippen molar-refractivity contribution in [3.05, 3.63) is 148 Å². The molecule has 3 N–H and O–H groups in total. The molecule has 0 saturated heterocycles. The number of ketones is 2. The summed E-state index contributed by atoms with van der Waals surface area (Å²) in [6.07, 6.45) is 0.660. The maximum absolute atomic E-state index is 14.6. The normalized spacial score (nSPS) is 19.6. The Kier molecular flexibility index (Phi) is 15.4. The molecule has 2 bridgehead atoms. The average molecular weight is 842 g/mol. The van der Waals surface area contributed by atoms with E-state index in [4.69, 9.17) is 4.74 Å². The monoisotopic (exact) mass is 841 g/mol. The topological polar surface area (TPSA) is 159 Å². The van der Waals surface area contributed by atoms with Gasteiger partial charge in [0.15, 0.2) is 11.6 Å². The molecule has 7 rings (SSSR count). The summed E-state index contributed by atoms with van der Waals surface area (Å²) in [5, 5.41) is 17.6. The van der Waals surface area contributed by atoms with Gasteiger partial charge in [-0.3, -0.25) is 24.0 Å². The second kappa shape index (κ2) is 21.2. The predicted molar refractivity (Wildman–Crippen MR) is 234 cm³/mol. The molecule has 1 aromatic heterocycles. The number of fused-ring (bicyclic) bond motifs is 16. The van der Waals surface area contributed by atoms with Crippen molar-refractivity contribution in [2.75, 3.05) is 13.7 Å². The number of carbonyl (C=O) groups is 6. The van der Waals surface area contributed by atoms with E-state index in [9.17, 15) is 33.9 Å². The summed E-state index contributed by atoms with van der Waals surface area (Å²) in [6, 6.07) is 34.3. The van der Waals surface area contributed by atoms with Crippen molar-refractivity contribution in [1.29, 1.82) is 0 Å². The van der Waals surface area contributed by atoms with Crippen LogP contribution >= 0.6 is 11.3 Å². The van der Waals surface area contributed by atoms with Crippen LogP contribution in [0.2, 0.25) is 0 Å². The molecule has 5 atom stereocenters. The Bertz CT molecular complexity index is 2260. The SMILES string of the molecule is C[C@@H](C(=O)O)N(C)C(=O)[C@H]1CC(=O)[C@H](CCc2ccccc2)NC(=O)[C@@H](Cc2ccc(-c3ccccc3)cc2)NC(=O)[C@H](Cc2cccs2)CC(=O)COc2ccc(cc2)C1. The number of nitrogens with zero attached hydrogens (tertiary/aromatic N) is 1. The molecule has 3 amide bonds. The molecule has 11 nitrogen and oxygen atoms in total. The number of Topliss-reactive ketones (excluding diaryl/α,β-unsaturated/α-hetero) is 2. The lowest BCUT2D eigenvalue weighted by atomic mass is 9.89. The quantitative estimate of drug-likeness (QED) is 0.136. The van der Waals surface area contributed by atoms with Crippen LogP contribution < -0.4 is 15.4 Å². The maximum Gasteiger partial charge on any atom is 0.326 e. The number of rotatable bonds is 11. The molecule has 0 radical (unpaired) electrons. The van der Waals surface area contributed by atoms with Gasteiger partial charge in [-0.25, -0.2) is 4.79 Å². The minimum atomic E-state index is -1.19. The van der Waals surface area contributed by atoms with Crippen LogP contribution in [0.15, 0.2) is 127 Å². The molecule has 5 aromatic rings. The summed E-state index contributed by atoms with van der Waals surface area (Å²) in [4.78, 5) is 84.9. The number of nitrogens with one attached hydrogen (secondary N) is 2. The first-order chi connectivity index (χ1) is 29.4. The van der Waals surface area contributed by atoms with Crippen molar-refractivity contribution in [3.63, 3.8) is 0 Å². The molecule has 3 heterocycles. The number of hydrogen-bond donors (Lipinski definition) is 3. The van der Waals surface area contributed by atoms with Crippen LogP contribution in [0.4, 0.5) is 0 Å². The predicted octanol–water partition coefficient (Wildman–Crippen LogP) is 6.52. The number of likely N-dealkylation sites (N-methyl/N-ethyl adjacent to an activating group) is 1. The minimum absolute atomic E-state index is 0.0853. The highest BCUT2D eigenvalue weighted by Crippen LogP contribution is 2.24. The number of benzene rings is 4. The fourth-order valence-corrected chi connectivity index (χ4v) is 8.24. The van der Waals surface area contributed by atoms with Crippen LogP contribution in [0.3, 0.4) is 0 Å². The van der Waals surface area contributed by atoms with Gasteiger partial charge in [-0.1, -0.05) is 103 Å². The fourth-order valence-electron chi connectivity index (χ4n) is 7.45. The second-order valence-electron chi connectivity index (χ2n) is 15.6. The number of carboxylic acid groups (broad SMARTS) is 1. The van der Waals surface area contributed by atoms with Crippen LogP contribution in [0, 0.1) is 11.8 Å². The zero-order chi connectivity index (χ0) is 43.3. The molecule has 4 aromatic carbocycles. The van der Waals surface area contributed by atoms with Crippen LogP contribution in [0.1, 0.15) is 47.8 Å². The van der Waals surface area contributed by atoms with Crippen LogP contribution in [0.5, 0.6) is 5.75 Å². The number of carbonyl (C=O) groups excluding carboxylic acids is 5. The zero-order valence-corrected chi connectivity index (χ0v) is 35.1. The van der Waals surface area contributed by atoms with Gasteiger partial charge in [0.05, 0.1) is 6.04 Å². The molecule has 12 heteroatoms. The van der Waals surface area contributed by atoms with Gasteiger partial charge in [0.2, 0.25) is 17.7 Å². The van der Waals surface area contributed by atoms with Crippen molar-refractivity contribution >= 4 is 46.6 Å². The Balaban J connectivity index is 1.36. The number of hydrogen-bond acceptors (Lipinski definition) is 8. The summed E-state index contributed by atoms with van der Waals surface area (Å²) in [5.41, 5.74) is 4.39. The Labute approximate surface area is 360 Å². The third-order valence-corrected chi connectivity index (χ3v) is 12.1. The summed E-state index contributed by atoms with van der Waals surface area (Å²) >= 11 is 1.47. The number of aryl methyl sites for hydroxylation is 1. The molecule has 61 heavy (non-hydrogen) atoms. The first kappa shape index (κ1) is 44.2. The van der Waals surface area contributed by atoms with Gasteiger partial charge in [0, 0.05) is 43.0 Å². The largest absolute Gasteiger partial charge is 0.486 e. The number of ether oxygens (including phenoxy) is 1. The Morgan fingerprint density at radius 2 is 1.39 bits per heavy atom. The first-order valence-corrected chi connectivity index (χ1v) is 21.4. The minimum Gasteiger partial charge on any atom is -0.486 e. The van der Waals surface area contributed by atoms with E-state index >= 15 is 0 Å². The molecule has 2 aliphatic heterocycles. The van der Waals surface area contributed by atoms with Gasteiger partial charge in [-0.2, -0.15) is 0 Å². The molecule has 0 aliphatic carbocycles. The highest BCUT2D eigenvalue weighted by Gasteiger charge is 2.35. The summed E-state index contributed by atoms with van der Waals surface area (Å²) in [7, 11) is 1.40. The highest BCUT2D eigenvalue weighted by atomic mass is 32.1. The molecular weight excluding hydrogens is 791 g/mol. The molecular formula is C49H51N3O8S. The van der Waals surface area contributed by atoms with E-state index in [-0.39, 0.29) is 50.9 Å². The molecule has 0 saturated carbocycles. The van der Waals surface area contributed by atoms with Gasteiger partial charge in [-0.15, -0.1) is 11.3 Å². The highest BCUT2D eigenvalue weighted by molar-refractivity contribution is 7.09. The van der Waals surface area contributed by atoms with Crippen molar-refractivity contribution in [3.8, 4) is 16.9 Å². The van der Waals surface area contributed by atoms with Crippen molar-refractivity contribution in [2.24, 2.45) is 11.8 Å². The lowest BCUT2D eigenvalue weighted by Crippen LogP contribution is -2.54. The lowest BCUT2D eigenvalue weighted by molar-refractivity contribution is -0.150. The number of thiophene rings is 1. The molecule has 0 spiro atoms. The number of aliphatic carboxylic acids is 1. The van der Waals surface area contributed by atoms with Crippen LogP contribution in [-0.4, -0.2) is 77.0 Å². The lowest BCUT2D eigenvalue weighted by Gasteiger charge is -2.28. The van der Waals surface area contributed by atoms with E-state index < -0.39 is 59.4 Å². The third kappa shape index (κ3) is 12.6. The summed E-state index contributed by atoms with van der Waals surface area (Å²) in [5.74, 6) is -4.90. The zero-order valence-electron chi connectivity index (χ0n) is 34.3. The van der Waals surface area contributed by atoms with Gasteiger partial charge in [0.1, 0.15) is 24.4 Å². The number of carboxylic acids is 1. The Morgan fingerprint density at radius 1 is 0.738 bits per heavy atom. The molecule has 316 valence electrons. The summed E-state index contributed by atoms with van der Waals surface area (Å²) < 4.78 is 5.84. The first-order valence-electron chi connectivity index (χ1n) is 20.5. The van der Waals surface area contributed by atoms with E-state index in [1.807, 2.05) is 102 Å². The smallest absolute Gasteiger partial charge is 0.326 e. The van der Waals surface area contributed by atoms with Gasteiger partial charge >= 0.3 is 5.97 Å². The molecule has 0 fully saturated rings. The van der Waals surface area contributed by atoms with E-state index in [0.717, 1.165) is 32.0 Å². The molecule has 2 aliphatic rings. The summed E-state index contributed by atoms with van der Waals surface area (Å²) in [6.45, 7) is 1.11. The van der Waals surface area contributed by atoms with E-state index in [2.05, 4.69) is 10.6 Å².